The maximum absolute atomic E-state index is 11.4. The van der Waals surface area contributed by atoms with Crippen LogP contribution in [0.2, 0.25) is 0 Å². The van der Waals surface area contributed by atoms with Gasteiger partial charge in [0, 0.05) is 5.92 Å². The Hall–Kier alpha value is -3.59. The lowest BCUT2D eigenvalue weighted by Gasteiger charge is -2.13. The van der Waals surface area contributed by atoms with E-state index in [-0.39, 0.29) is 5.75 Å². The number of carbonyl (C=O) groups excluding carboxylic acids is 1. The molecule has 0 spiro atoms. The molecule has 0 atom stereocenters. The predicted octanol–water partition coefficient (Wildman–Crippen LogP) is 3.43. The molecule has 0 N–H and O–H groups in total. The van der Waals surface area contributed by atoms with E-state index >= 15 is 0 Å². The first kappa shape index (κ1) is 19.7. The van der Waals surface area contributed by atoms with Gasteiger partial charge in [-0.25, -0.2) is 4.79 Å². The van der Waals surface area contributed by atoms with E-state index in [2.05, 4.69) is 0 Å². The molecule has 0 aromatic heterocycles. The number of esters is 1. The second kappa shape index (κ2) is 9.20. The fourth-order valence-corrected chi connectivity index (χ4v) is 2.40. The highest BCUT2D eigenvalue weighted by atomic mass is 16.6. The SMILES string of the molecule is C#CC(=O)Oc1cc(/C=C\c2cc(OC)c(OC)c(OC)c2)ccc1OC. The van der Waals surface area contributed by atoms with Crippen molar-refractivity contribution in [1.82, 2.24) is 0 Å². The predicted molar refractivity (Wildman–Crippen MR) is 102 cm³/mol. The van der Waals surface area contributed by atoms with Crippen molar-refractivity contribution in [3.63, 3.8) is 0 Å². The van der Waals surface area contributed by atoms with Gasteiger partial charge in [0.05, 0.1) is 28.4 Å². The number of hydrogen-bond acceptors (Lipinski definition) is 6. The minimum absolute atomic E-state index is 0.243. The van der Waals surface area contributed by atoms with Crippen LogP contribution in [0.3, 0.4) is 0 Å². The summed E-state index contributed by atoms with van der Waals surface area (Å²) in [5.41, 5.74) is 1.62. The number of rotatable bonds is 7. The first-order valence-electron chi connectivity index (χ1n) is 7.90. The molecule has 0 amide bonds. The molecule has 0 aliphatic carbocycles. The first-order valence-corrected chi connectivity index (χ1v) is 7.90. The van der Waals surface area contributed by atoms with E-state index in [1.54, 1.807) is 33.5 Å². The molecule has 0 radical (unpaired) electrons. The number of benzene rings is 2. The third-order valence-electron chi connectivity index (χ3n) is 3.66. The second-order valence-corrected chi connectivity index (χ2v) is 5.24. The smallest absolute Gasteiger partial charge is 0.389 e. The summed E-state index contributed by atoms with van der Waals surface area (Å²) in [5.74, 6) is 3.38. The molecular formula is C21H20O6. The quantitative estimate of drug-likeness (QED) is 0.245. The Morgan fingerprint density at radius 3 is 1.89 bits per heavy atom. The molecule has 27 heavy (non-hydrogen) atoms. The van der Waals surface area contributed by atoms with Gasteiger partial charge in [-0.05, 0) is 35.4 Å². The van der Waals surface area contributed by atoms with Crippen LogP contribution in [0.15, 0.2) is 30.3 Å². The summed E-state index contributed by atoms with van der Waals surface area (Å²) in [6.45, 7) is 0. The molecule has 2 aromatic rings. The molecule has 0 bridgehead atoms. The highest BCUT2D eigenvalue weighted by Crippen LogP contribution is 2.38. The first-order chi connectivity index (χ1) is 13.1. The van der Waals surface area contributed by atoms with Crippen LogP contribution in [0.5, 0.6) is 28.7 Å². The van der Waals surface area contributed by atoms with E-state index in [0.29, 0.717) is 23.0 Å². The average molecular weight is 368 g/mol. The van der Waals surface area contributed by atoms with Crippen molar-refractivity contribution in [3.05, 3.63) is 41.5 Å². The zero-order chi connectivity index (χ0) is 19.8. The molecule has 0 unspecified atom stereocenters. The van der Waals surface area contributed by atoms with Crippen LogP contribution < -0.4 is 23.7 Å². The third kappa shape index (κ3) is 4.73. The molecule has 0 aliphatic heterocycles. The summed E-state index contributed by atoms with van der Waals surface area (Å²) >= 11 is 0. The second-order valence-electron chi connectivity index (χ2n) is 5.24. The van der Waals surface area contributed by atoms with Crippen LogP contribution in [-0.4, -0.2) is 34.4 Å². The fraction of sp³-hybridized carbons (Fsp3) is 0.190. The Kier molecular flexibility index (Phi) is 6.73. The number of carbonyl (C=O) groups is 1. The third-order valence-corrected chi connectivity index (χ3v) is 3.66. The average Bonchev–Trinajstić information content (AvgIpc) is 2.71. The lowest BCUT2D eigenvalue weighted by atomic mass is 10.1. The number of methoxy groups -OCH3 is 4. The summed E-state index contributed by atoms with van der Waals surface area (Å²) < 4.78 is 26.3. The van der Waals surface area contributed by atoms with Crippen molar-refractivity contribution in [3.8, 4) is 41.1 Å². The minimum Gasteiger partial charge on any atom is -0.493 e. The van der Waals surface area contributed by atoms with Gasteiger partial charge in [0.1, 0.15) is 0 Å². The topological polar surface area (TPSA) is 63.2 Å². The summed E-state index contributed by atoms with van der Waals surface area (Å²) in [7, 11) is 6.14. The Balaban J connectivity index is 2.36. The van der Waals surface area contributed by atoms with Crippen LogP contribution >= 0.6 is 0 Å². The molecule has 6 heteroatoms. The summed E-state index contributed by atoms with van der Waals surface area (Å²) in [6.07, 6.45) is 8.75. The molecule has 2 rings (SSSR count). The van der Waals surface area contributed by atoms with Gasteiger partial charge in [-0.1, -0.05) is 18.2 Å². The van der Waals surface area contributed by atoms with E-state index in [0.717, 1.165) is 11.1 Å². The molecule has 0 fully saturated rings. The minimum atomic E-state index is -0.793. The van der Waals surface area contributed by atoms with Crippen LogP contribution in [0.4, 0.5) is 0 Å². The Morgan fingerprint density at radius 1 is 0.815 bits per heavy atom. The molecule has 0 saturated heterocycles. The van der Waals surface area contributed by atoms with Gasteiger partial charge >= 0.3 is 5.97 Å². The largest absolute Gasteiger partial charge is 0.493 e. The van der Waals surface area contributed by atoms with Crippen LogP contribution in [0.1, 0.15) is 11.1 Å². The molecule has 0 aliphatic rings. The van der Waals surface area contributed by atoms with Gasteiger partial charge in [0.2, 0.25) is 5.75 Å². The van der Waals surface area contributed by atoms with Gasteiger partial charge in [-0.2, -0.15) is 0 Å². The maximum Gasteiger partial charge on any atom is 0.389 e. The van der Waals surface area contributed by atoms with Gasteiger partial charge < -0.3 is 23.7 Å². The van der Waals surface area contributed by atoms with Crippen molar-refractivity contribution in [2.75, 3.05) is 28.4 Å². The zero-order valence-corrected chi connectivity index (χ0v) is 15.6. The highest BCUT2D eigenvalue weighted by Gasteiger charge is 2.12. The lowest BCUT2D eigenvalue weighted by molar-refractivity contribution is -0.128. The van der Waals surface area contributed by atoms with E-state index < -0.39 is 5.97 Å². The molecule has 6 nitrogen and oxygen atoms in total. The van der Waals surface area contributed by atoms with Crippen LogP contribution in [0, 0.1) is 12.3 Å². The molecular weight excluding hydrogens is 348 g/mol. The Labute approximate surface area is 158 Å². The zero-order valence-electron chi connectivity index (χ0n) is 15.6. The van der Waals surface area contributed by atoms with Crippen LogP contribution in [0.25, 0.3) is 12.2 Å². The lowest BCUT2D eigenvalue weighted by Crippen LogP contribution is -2.05. The summed E-state index contributed by atoms with van der Waals surface area (Å²) in [6, 6.07) is 8.80. The Morgan fingerprint density at radius 2 is 1.37 bits per heavy atom. The summed E-state index contributed by atoms with van der Waals surface area (Å²) in [5, 5.41) is 0. The highest BCUT2D eigenvalue weighted by molar-refractivity contribution is 5.90. The van der Waals surface area contributed by atoms with Crippen LogP contribution in [-0.2, 0) is 4.79 Å². The van der Waals surface area contributed by atoms with Crippen molar-refractivity contribution in [1.29, 1.82) is 0 Å². The maximum atomic E-state index is 11.4. The van der Waals surface area contributed by atoms with Gasteiger partial charge in [-0.15, -0.1) is 6.42 Å². The fourth-order valence-electron chi connectivity index (χ4n) is 2.40. The normalized spacial score (nSPS) is 10.2. The van der Waals surface area contributed by atoms with Crippen molar-refractivity contribution >= 4 is 18.1 Å². The Bertz CT molecular complexity index is 867. The van der Waals surface area contributed by atoms with Gasteiger partial charge in [0.15, 0.2) is 23.0 Å². The van der Waals surface area contributed by atoms with Gasteiger partial charge in [0.25, 0.3) is 0 Å². The molecule has 140 valence electrons. The van der Waals surface area contributed by atoms with E-state index in [1.807, 2.05) is 36.3 Å². The van der Waals surface area contributed by atoms with E-state index in [9.17, 15) is 4.79 Å². The standard InChI is InChI=1S/C21H20O6/c1-6-20(22)27-17-11-14(9-10-16(17)23-2)7-8-15-12-18(24-3)21(26-5)19(13-15)25-4/h1,7-13H,2-5H3/b8-7-. The molecule has 2 aromatic carbocycles. The molecule has 0 heterocycles. The number of terminal acetylenes is 1. The number of hydrogen-bond donors (Lipinski definition) is 0. The monoisotopic (exact) mass is 368 g/mol. The van der Waals surface area contributed by atoms with E-state index in [4.69, 9.17) is 30.1 Å². The summed E-state index contributed by atoms with van der Waals surface area (Å²) in [4.78, 5) is 11.4. The van der Waals surface area contributed by atoms with Gasteiger partial charge in [-0.3, -0.25) is 0 Å². The van der Waals surface area contributed by atoms with Crippen molar-refractivity contribution in [2.45, 2.75) is 0 Å². The molecule has 0 saturated carbocycles. The number of ether oxygens (including phenoxy) is 5. The van der Waals surface area contributed by atoms with Crippen molar-refractivity contribution in [2.24, 2.45) is 0 Å². The van der Waals surface area contributed by atoms with Crippen molar-refractivity contribution < 1.29 is 28.5 Å². The van der Waals surface area contributed by atoms with E-state index in [1.165, 1.54) is 7.11 Å².